The molecule has 5 N–H and O–H groups in total. The first kappa shape index (κ1) is 27.5. The lowest BCUT2D eigenvalue weighted by atomic mass is 9.94. The fraction of sp³-hybridized carbons (Fsp3) is 0.259. The second-order valence-electron chi connectivity index (χ2n) is 9.00. The number of hydrogen-bond donors (Lipinski definition) is 5. The third-order valence-corrected chi connectivity index (χ3v) is 7.10. The number of nitrogens with one attached hydrogen (secondary N) is 3. The molecule has 3 aromatic rings. The lowest BCUT2D eigenvalue weighted by Crippen LogP contribution is -2.44. The zero-order valence-corrected chi connectivity index (χ0v) is 21.7. The molecule has 10 heteroatoms. The highest BCUT2D eigenvalue weighted by Crippen LogP contribution is 2.30. The van der Waals surface area contributed by atoms with E-state index in [4.69, 9.17) is 0 Å². The van der Waals surface area contributed by atoms with Crippen molar-refractivity contribution in [3.8, 4) is 11.8 Å². The Balaban J connectivity index is 1.84. The molecule has 9 nitrogen and oxygen atoms in total. The van der Waals surface area contributed by atoms with Crippen molar-refractivity contribution in [2.24, 2.45) is 5.92 Å². The largest absolute Gasteiger partial charge is 0.494 e. The molecule has 196 valence electrons. The van der Waals surface area contributed by atoms with Crippen LogP contribution in [0.5, 0.6) is 11.8 Å². The van der Waals surface area contributed by atoms with Crippen LogP contribution in [0.1, 0.15) is 40.9 Å². The van der Waals surface area contributed by atoms with E-state index in [-0.39, 0.29) is 34.4 Å². The van der Waals surface area contributed by atoms with Gasteiger partial charge in [0.25, 0.3) is 0 Å². The fourth-order valence-electron chi connectivity index (χ4n) is 3.79. The number of aromatic hydroxyl groups is 2. The molecule has 37 heavy (non-hydrogen) atoms. The van der Waals surface area contributed by atoms with E-state index in [0.717, 1.165) is 11.6 Å². The van der Waals surface area contributed by atoms with E-state index in [0.29, 0.717) is 12.0 Å². The highest BCUT2D eigenvalue weighted by molar-refractivity contribution is 7.89. The molecule has 0 radical (unpaired) electrons. The maximum Gasteiger partial charge on any atom is 0.246 e. The maximum absolute atomic E-state index is 13.1. The average Bonchev–Trinajstić information content (AvgIpc) is 3.12. The van der Waals surface area contributed by atoms with Crippen LogP contribution in [0, 0.1) is 12.8 Å². The average molecular weight is 526 g/mol. The molecule has 0 bridgehead atoms. The molecule has 1 aromatic heterocycles. The summed E-state index contributed by atoms with van der Waals surface area (Å²) in [5, 5.41) is 22.5. The number of Topliss-reactive ketones (excluding diaryl/α,β-unsaturated/α-hetero) is 1. The number of carbonyl (C=O) groups excluding carboxylic acids is 2. The van der Waals surface area contributed by atoms with Gasteiger partial charge in [-0.2, -0.15) is 0 Å². The smallest absolute Gasteiger partial charge is 0.246 e. The maximum atomic E-state index is 13.1. The number of sulfonamides is 1. The van der Waals surface area contributed by atoms with Gasteiger partial charge in [-0.05, 0) is 30.4 Å². The summed E-state index contributed by atoms with van der Waals surface area (Å²) in [6.45, 7) is 4.90. The second-order valence-corrected chi connectivity index (χ2v) is 10.8. The topological polar surface area (TPSA) is 149 Å². The lowest BCUT2D eigenvalue weighted by molar-refractivity contribution is -0.117. The minimum Gasteiger partial charge on any atom is -0.494 e. The van der Waals surface area contributed by atoms with E-state index in [1.807, 2.05) is 30.3 Å². The summed E-state index contributed by atoms with van der Waals surface area (Å²) in [5.41, 5.74) is 1.43. The Labute approximate surface area is 216 Å². The quantitative estimate of drug-likeness (QED) is 0.192. The highest BCUT2D eigenvalue weighted by atomic mass is 32.2. The van der Waals surface area contributed by atoms with Gasteiger partial charge in [0, 0.05) is 11.6 Å². The number of aromatic nitrogens is 1. The van der Waals surface area contributed by atoms with Crippen LogP contribution < -0.4 is 10.0 Å². The van der Waals surface area contributed by atoms with E-state index in [1.165, 1.54) is 6.92 Å². The Morgan fingerprint density at radius 3 is 2.11 bits per heavy atom. The van der Waals surface area contributed by atoms with Crippen LogP contribution in [0.2, 0.25) is 0 Å². The van der Waals surface area contributed by atoms with Gasteiger partial charge >= 0.3 is 0 Å². The van der Waals surface area contributed by atoms with Gasteiger partial charge in [-0.3, -0.25) is 19.3 Å². The summed E-state index contributed by atoms with van der Waals surface area (Å²) in [6, 6.07) is 16.6. The minimum absolute atomic E-state index is 0.0550. The van der Waals surface area contributed by atoms with Crippen LogP contribution >= 0.6 is 0 Å². The predicted molar refractivity (Wildman–Crippen MR) is 141 cm³/mol. The molecule has 0 fully saturated rings. The number of rotatable bonds is 11. The van der Waals surface area contributed by atoms with Crippen molar-refractivity contribution in [1.29, 1.82) is 0 Å². The third-order valence-electron chi connectivity index (χ3n) is 5.83. The van der Waals surface area contributed by atoms with Crippen LogP contribution in [0.4, 0.5) is 0 Å². The Hall–Kier alpha value is -4.05. The zero-order valence-electron chi connectivity index (χ0n) is 20.9. The van der Waals surface area contributed by atoms with E-state index < -0.39 is 33.6 Å². The monoisotopic (exact) mass is 525 g/mol. The van der Waals surface area contributed by atoms with Gasteiger partial charge < -0.3 is 15.5 Å². The molecule has 0 spiro atoms. The SMILES string of the molecule is Cc1c(O)[nH]c(O)c1C(=O)[C@@H](NC(=O)C=C(NS(=O)(=O)CCc1ccccc1)c1ccccc1)C(C)C. The normalized spacial score (nSPS) is 12.8. The van der Waals surface area contributed by atoms with Crippen molar-refractivity contribution in [2.45, 2.75) is 33.2 Å². The van der Waals surface area contributed by atoms with E-state index in [2.05, 4.69) is 15.0 Å². The predicted octanol–water partition coefficient (Wildman–Crippen LogP) is 3.26. The van der Waals surface area contributed by atoms with Crippen molar-refractivity contribution in [2.75, 3.05) is 5.75 Å². The standard InChI is InChI=1S/C27H31N3O6S/c1-17(2)24(25(32)23-18(3)26(33)29-27(23)34)28-22(31)16-21(20-12-8-5-9-13-20)30-37(35,36)15-14-19-10-6-4-7-11-19/h4-13,16-17,24,29-30,33-34H,14-15H2,1-3H3,(H,28,31)/t24-/m0/s1. The summed E-state index contributed by atoms with van der Waals surface area (Å²) >= 11 is 0. The number of carbonyl (C=O) groups is 2. The van der Waals surface area contributed by atoms with Gasteiger partial charge in [0.15, 0.2) is 11.7 Å². The van der Waals surface area contributed by atoms with Gasteiger partial charge in [0.1, 0.15) is 0 Å². The molecule has 3 rings (SSSR count). The molecule has 0 aliphatic rings. The molecule has 1 heterocycles. The van der Waals surface area contributed by atoms with Crippen LogP contribution in [0.3, 0.4) is 0 Å². The second kappa shape index (κ2) is 11.8. The molecule has 0 unspecified atom stereocenters. The molecule has 0 saturated carbocycles. The first-order chi connectivity index (χ1) is 17.5. The van der Waals surface area contributed by atoms with Crippen LogP contribution in [-0.2, 0) is 21.2 Å². The molecular weight excluding hydrogens is 494 g/mol. The minimum atomic E-state index is -3.82. The van der Waals surface area contributed by atoms with Crippen molar-refractivity contribution in [3.05, 3.63) is 89.0 Å². The molecule has 1 atom stereocenters. The number of aryl methyl sites for hydroxylation is 1. The molecule has 0 aliphatic heterocycles. The summed E-state index contributed by atoms with van der Waals surface area (Å²) in [4.78, 5) is 28.5. The van der Waals surface area contributed by atoms with Crippen molar-refractivity contribution in [1.82, 2.24) is 15.0 Å². The molecule has 2 aromatic carbocycles. The first-order valence-electron chi connectivity index (χ1n) is 11.7. The number of ketones is 1. The summed E-state index contributed by atoms with van der Waals surface area (Å²) in [7, 11) is -3.82. The van der Waals surface area contributed by atoms with Crippen molar-refractivity contribution in [3.63, 3.8) is 0 Å². The number of aromatic amines is 1. The summed E-state index contributed by atoms with van der Waals surface area (Å²) in [6.07, 6.45) is 1.39. The van der Waals surface area contributed by atoms with Gasteiger partial charge in [-0.1, -0.05) is 74.5 Å². The number of amides is 1. The summed E-state index contributed by atoms with van der Waals surface area (Å²) < 4.78 is 28.3. The van der Waals surface area contributed by atoms with Crippen LogP contribution in [0.15, 0.2) is 66.7 Å². The lowest BCUT2D eigenvalue weighted by Gasteiger charge is -2.21. The van der Waals surface area contributed by atoms with Crippen LogP contribution in [-0.4, -0.2) is 47.1 Å². The van der Waals surface area contributed by atoms with Crippen molar-refractivity contribution >= 4 is 27.4 Å². The van der Waals surface area contributed by atoms with E-state index in [1.54, 1.807) is 44.2 Å². The third kappa shape index (κ3) is 7.23. The Kier molecular flexibility index (Phi) is 8.77. The van der Waals surface area contributed by atoms with Crippen molar-refractivity contribution < 1.29 is 28.2 Å². The Morgan fingerprint density at radius 2 is 1.57 bits per heavy atom. The Bertz CT molecular complexity index is 1380. The van der Waals surface area contributed by atoms with Gasteiger partial charge in [0.05, 0.1) is 23.1 Å². The van der Waals surface area contributed by atoms with Gasteiger partial charge in [-0.25, -0.2) is 8.42 Å². The zero-order chi connectivity index (χ0) is 27.2. The van der Waals surface area contributed by atoms with E-state index in [9.17, 15) is 28.2 Å². The van der Waals surface area contributed by atoms with E-state index >= 15 is 0 Å². The van der Waals surface area contributed by atoms with Crippen LogP contribution in [0.25, 0.3) is 5.70 Å². The highest BCUT2D eigenvalue weighted by Gasteiger charge is 2.30. The molecular formula is C27H31N3O6S. The number of benzene rings is 2. The molecule has 1 amide bonds. The molecule has 0 saturated heterocycles. The van der Waals surface area contributed by atoms with Gasteiger partial charge in [-0.15, -0.1) is 0 Å². The summed E-state index contributed by atoms with van der Waals surface area (Å²) in [5.74, 6) is -2.69. The first-order valence-corrected chi connectivity index (χ1v) is 13.4. The Morgan fingerprint density at radius 1 is 0.973 bits per heavy atom. The van der Waals surface area contributed by atoms with Gasteiger partial charge in [0.2, 0.25) is 21.8 Å². The fourth-order valence-corrected chi connectivity index (χ4v) is 4.91. The molecule has 0 aliphatic carbocycles. The number of H-pyrrole nitrogens is 1. The number of hydrogen-bond acceptors (Lipinski definition) is 6.